The van der Waals surface area contributed by atoms with E-state index in [2.05, 4.69) is 9.88 Å². The zero-order chi connectivity index (χ0) is 22.9. The highest BCUT2D eigenvalue weighted by Crippen LogP contribution is 2.26. The molecule has 0 saturated carbocycles. The highest BCUT2D eigenvalue weighted by Gasteiger charge is 2.34. The number of para-hydroxylation sites is 1. The van der Waals surface area contributed by atoms with Crippen molar-refractivity contribution in [2.75, 3.05) is 0 Å². The maximum Gasteiger partial charge on any atom is 0.329 e. The highest BCUT2D eigenvalue weighted by molar-refractivity contribution is 6.30. The van der Waals surface area contributed by atoms with Gasteiger partial charge in [-0.05, 0) is 35.9 Å². The first-order valence-corrected chi connectivity index (χ1v) is 10.8. The zero-order valence-corrected chi connectivity index (χ0v) is 18.2. The Morgan fingerprint density at radius 2 is 1.64 bits per heavy atom. The lowest BCUT2D eigenvalue weighted by Crippen LogP contribution is -2.30. The van der Waals surface area contributed by atoms with Crippen LogP contribution in [-0.2, 0) is 17.9 Å². The molecule has 3 aromatic carbocycles. The average molecular weight is 460 g/mol. The maximum atomic E-state index is 14.0. The normalized spacial score (nSPS) is 15.0. The fourth-order valence-corrected chi connectivity index (χ4v) is 4.10. The van der Waals surface area contributed by atoms with Gasteiger partial charge in [0.05, 0.1) is 6.54 Å². The molecule has 0 radical (unpaired) electrons. The van der Waals surface area contributed by atoms with Gasteiger partial charge in [0, 0.05) is 39.8 Å². The number of nitrogens with one attached hydrogen (secondary N) is 1. The van der Waals surface area contributed by atoms with Crippen LogP contribution in [0.2, 0.25) is 5.02 Å². The van der Waals surface area contributed by atoms with Gasteiger partial charge in [0.15, 0.2) is 0 Å². The van der Waals surface area contributed by atoms with Crippen molar-refractivity contribution < 1.29 is 14.0 Å². The van der Waals surface area contributed by atoms with Gasteiger partial charge in [0.25, 0.3) is 5.91 Å². The first-order chi connectivity index (χ1) is 16.0. The van der Waals surface area contributed by atoms with Crippen molar-refractivity contribution in [3.8, 4) is 0 Å². The largest absolute Gasteiger partial charge is 0.342 e. The number of imide groups is 1. The third-order valence-electron chi connectivity index (χ3n) is 5.63. The van der Waals surface area contributed by atoms with Gasteiger partial charge in [0.1, 0.15) is 11.5 Å². The summed E-state index contributed by atoms with van der Waals surface area (Å²) in [5, 5.41) is 4.25. The van der Waals surface area contributed by atoms with Crippen LogP contribution in [-0.4, -0.2) is 21.4 Å². The Morgan fingerprint density at radius 3 is 2.42 bits per heavy atom. The van der Waals surface area contributed by atoms with Crippen LogP contribution in [0.1, 0.15) is 16.7 Å². The SMILES string of the molecule is O=C1N/C(=C/c2cn(Cc3ccc(Cl)cc3)c3ccccc23)C(=O)N1Cc1ccccc1F. The van der Waals surface area contributed by atoms with Gasteiger partial charge in [-0.3, -0.25) is 9.69 Å². The monoisotopic (exact) mass is 459 g/mol. The summed E-state index contributed by atoms with van der Waals surface area (Å²) in [5.74, 6) is -0.946. The van der Waals surface area contributed by atoms with Crippen molar-refractivity contribution in [3.05, 3.63) is 112 Å². The minimum Gasteiger partial charge on any atom is -0.342 e. The van der Waals surface area contributed by atoms with E-state index in [-0.39, 0.29) is 17.8 Å². The number of benzene rings is 3. The minimum absolute atomic E-state index is 0.132. The van der Waals surface area contributed by atoms with Crippen LogP contribution in [0.5, 0.6) is 0 Å². The van der Waals surface area contributed by atoms with E-state index in [4.69, 9.17) is 11.6 Å². The lowest BCUT2D eigenvalue weighted by molar-refractivity contribution is -0.123. The summed E-state index contributed by atoms with van der Waals surface area (Å²) in [6.07, 6.45) is 3.62. The first-order valence-electron chi connectivity index (χ1n) is 10.4. The molecule has 1 N–H and O–H groups in total. The molecule has 1 aromatic heterocycles. The highest BCUT2D eigenvalue weighted by atomic mass is 35.5. The Bertz CT molecular complexity index is 1410. The second kappa shape index (κ2) is 8.56. The number of carbonyl (C=O) groups is 2. The van der Waals surface area contributed by atoms with Crippen molar-refractivity contribution >= 4 is 40.5 Å². The number of urea groups is 1. The molecule has 1 aliphatic rings. The van der Waals surface area contributed by atoms with Gasteiger partial charge < -0.3 is 9.88 Å². The average Bonchev–Trinajstić information content (AvgIpc) is 3.29. The fraction of sp³-hybridized carbons (Fsp3) is 0.0769. The second-order valence-corrected chi connectivity index (χ2v) is 8.26. The van der Waals surface area contributed by atoms with Crippen LogP contribution in [0.15, 0.2) is 84.7 Å². The van der Waals surface area contributed by atoms with E-state index in [9.17, 15) is 14.0 Å². The van der Waals surface area contributed by atoms with Gasteiger partial charge in [0.2, 0.25) is 0 Å². The number of halogens is 2. The molecule has 5 rings (SSSR count). The quantitative estimate of drug-likeness (QED) is 0.313. The summed E-state index contributed by atoms with van der Waals surface area (Å²) < 4.78 is 16.1. The molecule has 1 saturated heterocycles. The van der Waals surface area contributed by atoms with E-state index in [0.717, 1.165) is 26.9 Å². The van der Waals surface area contributed by atoms with Crippen LogP contribution in [0, 0.1) is 5.82 Å². The van der Waals surface area contributed by atoms with Gasteiger partial charge in [-0.2, -0.15) is 0 Å². The lowest BCUT2D eigenvalue weighted by Gasteiger charge is -2.12. The van der Waals surface area contributed by atoms with E-state index >= 15 is 0 Å². The number of aromatic nitrogens is 1. The summed E-state index contributed by atoms with van der Waals surface area (Å²) in [4.78, 5) is 26.4. The third-order valence-corrected chi connectivity index (χ3v) is 5.89. The number of carbonyl (C=O) groups excluding carboxylic acids is 2. The van der Waals surface area contributed by atoms with Crippen LogP contribution < -0.4 is 5.32 Å². The number of nitrogens with zero attached hydrogens (tertiary/aromatic N) is 2. The number of rotatable bonds is 5. The molecule has 0 unspecified atom stereocenters. The van der Waals surface area contributed by atoms with E-state index in [1.165, 1.54) is 6.07 Å². The van der Waals surface area contributed by atoms with Crippen LogP contribution in [0.3, 0.4) is 0 Å². The molecule has 1 aliphatic heterocycles. The summed E-state index contributed by atoms with van der Waals surface area (Å²) in [6.45, 7) is 0.494. The summed E-state index contributed by atoms with van der Waals surface area (Å²) >= 11 is 6.00. The maximum absolute atomic E-state index is 14.0. The summed E-state index contributed by atoms with van der Waals surface area (Å²) in [7, 11) is 0. The van der Waals surface area contributed by atoms with Crippen molar-refractivity contribution in [1.82, 2.24) is 14.8 Å². The predicted molar refractivity (Wildman–Crippen MR) is 126 cm³/mol. The van der Waals surface area contributed by atoms with E-state index in [1.54, 1.807) is 24.3 Å². The molecule has 1 fully saturated rings. The number of amides is 3. The molecule has 3 amide bonds. The van der Waals surface area contributed by atoms with Crippen LogP contribution in [0.25, 0.3) is 17.0 Å². The van der Waals surface area contributed by atoms with E-state index in [1.807, 2.05) is 54.7 Å². The molecule has 7 heteroatoms. The molecule has 4 aromatic rings. The summed E-state index contributed by atoms with van der Waals surface area (Å²) in [6, 6.07) is 21.0. The fourth-order valence-electron chi connectivity index (χ4n) is 3.98. The second-order valence-electron chi connectivity index (χ2n) is 7.83. The van der Waals surface area contributed by atoms with Crippen molar-refractivity contribution in [2.45, 2.75) is 13.1 Å². The van der Waals surface area contributed by atoms with Gasteiger partial charge in [-0.15, -0.1) is 0 Å². The molecule has 0 aliphatic carbocycles. The molecule has 164 valence electrons. The van der Waals surface area contributed by atoms with Crippen molar-refractivity contribution in [1.29, 1.82) is 0 Å². The van der Waals surface area contributed by atoms with Gasteiger partial charge >= 0.3 is 6.03 Å². The molecule has 33 heavy (non-hydrogen) atoms. The topological polar surface area (TPSA) is 54.3 Å². The molecule has 0 atom stereocenters. The standard InChI is InChI=1S/C26H19ClFN3O2/c27-20-11-9-17(10-12-20)14-30-15-19(21-6-2-4-8-24(21)30)13-23-25(32)31(26(33)29-23)16-18-5-1-3-7-22(18)28/h1-13,15H,14,16H2,(H,29,33)/b23-13+. The molecule has 5 nitrogen and oxygen atoms in total. The van der Waals surface area contributed by atoms with E-state index in [0.29, 0.717) is 11.6 Å². The Labute approximate surface area is 194 Å². The Kier molecular flexibility index (Phi) is 5.44. The number of hydrogen-bond donors (Lipinski definition) is 1. The molecule has 2 heterocycles. The molecular weight excluding hydrogens is 441 g/mol. The van der Waals surface area contributed by atoms with Gasteiger partial charge in [-0.1, -0.05) is 60.1 Å². The molecule has 0 bridgehead atoms. The lowest BCUT2D eigenvalue weighted by atomic mass is 10.1. The number of fused-ring (bicyclic) bond motifs is 1. The molecule has 0 spiro atoms. The minimum atomic E-state index is -0.570. The van der Waals surface area contributed by atoms with Gasteiger partial charge in [-0.25, -0.2) is 9.18 Å². The smallest absolute Gasteiger partial charge is 0.329 e. The Balaban J connectivity index is 1.46. The first kappa shape index (κ1) is 21.0. The predicted octanol–water partition coefficient (Wildman–Crippen LogP) is 5.58. The number of hydrogen-bond acceptors (Lipinski definition) is 2. The van der Waals surface area contributed by atoms with Crippen molar-refractivity contribution in [2.24, 2.45) is 0 Å². The van der Waals surface area contributed by atoms with E-state index < -0.39 is 17.8 Å². The van der Waals surface area contributed by atoms with Crippen LogP contribution in [0.4, 0.5) is 9.18 Å². The molecular formula is C26H19ClFN3O2. The summed E-state index contributed by atoms with van der Waals surface area (Å²) in [5.41, 5.74) is 3.32. The Hall–Kier alpha value is -3.90. The third kappa shape index (κ3) is 4.13. The Morgan fingerprint density at radius 1 is 0.909 bits per heavy atom. The zero-order valence-electron chi connectivity index (χ0n) is 17.5. The van der Waals surface area contributed by atoms with Crippen molar-refractivity contribution in [3.63, 3.8) is 0 Å². The van der Waals surface area contributed by atoms with Crippen LogP contribution >= 0.6 is 11.6 Å².